The van der Waals surface area contributed by atoms with Crippen LogP contribution in [0.2, 0.25) is 0 Å². The summed E-state index contributed by atoms with van der Waals surface area (Å²) in [5.74, 6) is 1.83. The number of nitrogens with zero attached hydrogens (tertiary/aromatic N) is 4. The Morgan fingerprint density at radius 2 is 0.658 bits per heavy atom. The standard InChI is InChI=1S/C64H78N4O8/c1-5-7-9-11-13-15-17-19-43-71-55-35-27-51(28-36-55)63(69)75-57-39-41-59(67-65-53-31-23-49(3)24-32-53)61(47-57)73-45-21-22-46-74-62-48-58(40-42-60(62)68-66-54-33-25-50(4)26-34-54)76-64(70)52-29-37-56(38-30-52)72-44-20-18-16-14-12-10-8-6-2/h23-42,47-48H,5-22,43-46H2,1-4H3. The third kappa shape index (κ3) is 21.5. The summed E-state index contributed by atoms with van der Waals surface area (Å²) in [6, 6.07) is 39.6. The number of carbonyl (C=O) groups is 2. The molecule has 0 aromatic heterocycles. The minimum absolute atomic E-state index is 0.300. The molecule has 0 unspecified atom stereocenters. The lowest BCUT2D eigenvalue weighted by molar-refractivity contribution is 0.0724. The molecule has 0 amide bonds. The first-order valence-electron chi connectivity index (χ1n) is 27.7. The van der Waals surface area contributed by atoms with Crippen LogP contribution in [0.15, 0.2) is 154 Å². The number of unbranched alkanes of at least 4 members (excludes halogenated alkanes) is 15. The second-order valence-corrected chi connectivity index (χ2v) is 19.2. The van der Waals surface area contributed by atoms with Crippen LogP contribution in [0.3, 0.4) is 0 Å². The highest BCUT2D eigenvalue weighted by atomic mass is 16.5. The fourth-order valence-corrected chi connectivity index (χ4v) is 8.09. The summed E-state index contributed by atoms with van der Waals surface area (Å²) in [6.45, 7) is 10.4. The number of ether oxygens (including phenoxy) is 6. The van der Waals surface area contributed by atoms with Crippen molar-refractivity contribution in [1.82, 2.24) is 0 Å². The molecule has 0 saturated carbocycles. The molecule has 0 aliphatic carbocycles. The molecule has 0 atom stereocenters. The molecule has 0 spiro atoms. The lowest BCUT2D eigenvalue weighted by Crippen LogP contribution is -2.09. The van der Waals surface area contributed by atoms with Crippen molar-refractivity contribution in [3.63, 3.8) is 0 Å². The zero-order valence-corrected chi connectivity index (χ0v) is 45.3. The minimum Gasteiger partial charge on any atom is -0.494 e. The van der Waals surface area contributed by atoms with Crippen molar-refractivity contribution in [2.24, 2.45) is 20.5 Å². The van der Waals surface area contributed by atoms with E-state index in [9.17, 15) is 9.59 Å². The van der Waals surface area contributed by atoms with Gasteiger partial charge in [0.25, 0.3) is 0 Å². The number of hydrogen-bond acceptors (Lipinski definition) is 12. The van der Waals surface area contributed by atoms with Gasteiger partial charge >= 0.3 is 11.9 Å². The molecule has 6 aromatic rings. The Bertz CT molecular complexity index is 2500. The molecule has 0 fully saturated rings. The van der Waals surface area contributed by atoms with Crippen LogP contribution in [0.1, 0.15) is 161 Å². The average Bonchev–Trinajstić information content (AvgIpc) is 3.44. The third-order valence-corrected chi connectivity index (χ3v) is 12.7. The molecular weight excluding hydrogens is 953 g/mol. The van der Waals surface area contributed by atoms with Gasteiger partial charge in [-0.3, -0.25) is 0 Å². The number of hydrogen-bond donors (Lipinski definition) is 0. The van der Waals surface area contributed by atoms with Crippen molar-refractivity contribution in [2.75, 3.05) is 26.4 Å². The highest BCUT2D eigenvalue weighted by Gasteiger charge is 2.15. The van der Waals surface area contributed by atoms with E-state index < -0.39 is 11.9 Å². The predicted molar refractivity (Wildman–Crippen MR) is 303 cm³/mol. The summed E-state index contributed by atoms with van der Waals surface area (Å²) >= 11 is 0. The van der Waals surface area contributed by atoms with Crippen LogP contribution in [0.25, 0.3) is 0 Å². The zero-order chi connectivity index (χ0) is 53.4. The normalized spacial score (nSPS) is 11.3. The van der Waals surface area contributed by atoms with E-state index in [1.807, 2.05) is 62.4 Å². The Morgan fingerprint density at radius 1 is 0.342 bits per heavy atom. The van der Waals surface area contributed by atoms with Crippen LogP contribution in [-0.4, -0.2) is 38.4 Å². The molecule has 0 bridgehead atoms. The first kappa shape index (κ1) is 57.9. The second kappa shape index (κ2) is 33.6. The lowest BCUT2D eigenvalue weighted by atomic mass is 10.1. The summed E-state index contributed by atoms with van der Waals surface area (Å²) in [5, 5.41) is 17.9. The minimum atomic E-state index is -0.507. The Morgan fingerprint density at radius 3 is 1.03 bits per heavy atom. The Balaban J connectivity index is 1.03. The summed E-state index contributed by atoms with van der Waals surface area (Å²) in [7, 11) is 0. The Hall–Kier alpha value is -7.34. The first-order valence-corrected chi connectivity index (χ1v) is 27.7. The predicted octanol–water partition coefficient (Wildman–Crippen LogP) is 18.8. The van der Waals surface area contributed by atoms with E-state index in [1.54, 1.807) is 84.9 Å². The van der Waals surface area contributed by atoms with Gasteiger partial charge in [-0.25, -0.2) is 9.59 Å². The summed E-state index contributed by atoms with van der Waals surface area (Å²) in [4.78, 5) is 26.6. The van der Waals surface area contributed by atoms with Gasteiger partial charge in [0.2, 0.25) is 0 Å². The first-order chi connectivity index (χ1) is 37.3. The Labute approximate surface area is 451 Å². The van der Waals surface area contributed by atoms with Crippen molar-refractivity contribution >= 4 is 34.7 Å². The zero-order valence-electron chi connectivity index (χ0n) is 45.3. The summed E-state index contributed by atoms with van der Waals surface area (Å²) in [5.41, 5.74) is 5.35. The van der Waals surface area contributed by atoms with Gasteiger partial charge in [0, 0.05) is 12.1 Å². The smallest absolute Gasteiger partial charge is 0.343 e. The molecule has 0 saturated heterocycles. The molecule has 76 heavy (non-hydrogen) atoms. The Kier molecular flexibility index (Phi) is 25.6. The number of aryl methyl sites for hydroxylation is 2. The van der Waals surface area contributed by atoms with Crippen LogP contribution >= 0.6 is 0 Å². The van der Waals surface area contributed by atoms with Crippen LogP contribution in [-0.2, 0) is 0 Å². The van der Waals surface area contributed by atoms with Gasteiger partial charge < -0.3 is 28.4 Å². The van der Waals surface area contributed by atoms with Crippen molar-refractivity contribution in [2.45, 2.75) is 143 Å². The lowest BCUT2D eigenvalue weighted by Gasteiger charge is -2.13. The van der Waals surface area contributed by atoms with E-state index in [1.165, 1.54) is 77.0 Å². The van der Waals surface area contributed by atoms with E-state index >= 15 is 0 Å². The largest absolute Gasteiger partial charge is 0.494 e. The van der Waals surface area contributed by atoms with Gasteiger partial charge in [0.1, 0.15) is 34.4 Å². The number of carbonyl (C=O) groups excluding carboxylic acids is 2. The van der Waals surface area contributed by atoms with E-state index in [-0.39, 0.29) is 0 Å². The number of rotatable bonds is 35. The average molecular weight is 1030 g/mol. The number of azo groups is 2. The van der Waals surface area contributed by atoms with E-state index in [0.29, 0.717) is 96.1 Å². The second-order valence-electron chi connectivity index (χ2n) is 19.2. The molecule has 0 aliphatic rings. The van der Waals surface area contributed by atoms with Crippen molar-refractivity contribution in [3.8, 4) is 34.5 Å². The molecule has 6 rings (SSSR count). The molecular formula is C64H78N4O8. The maximum atomic E-state index is 13.3. The van der Waals surface area contributed by atoms with E-state index in [4.69, 9.17) is 28.4 Å². The van der Waals surface area contributed by atoms with Gasteiger partial charge in [-0.1, -0.05) is 139 Å². The third-order valence-electron chi connectivity index (χ3n) is 12.7. The fourth-order valence-electron chi connectivity index (χ4n) is 8.09. The van der Waals surface area contributed by atoms with Gasteiger partial charge in [0.05, 0.1) is 48.9 Å². The molecule has 12 heteroatoms. The van der Waals surface area contributed by atoms with Crippen molar-refractivity contribution in [1.29, 1.82) is 0 Å². The van der Waals surface area contributed by atoms with Gasteiger partial charge in [-0.15, -0.1) is 10.2 Å². The maximum absolute atomic E-state index is 13.3. The van der Waals surface area contributed by atoms with Crippen LogP contribution in [0.5, 0.6) is 34.5 Å². The van der Waals surface area contributed by atoms with Gasteiger partial charge in [0.15, 0.2) is 11.5 Å². The highest BCUT2D eigenvalue weighted by Crippen LogP contribution is 2.36. The quantitative estimate of drug-likeness (QED) is 0.0166. The molecule has 6 aromatic carbocycles. The molecule has 12 nitrogen and oxygen atoms in total. The number of esters is 2. The van der Waals surface area contributed by atoms with Gasteiger partial charge in [-0.05, 0) is 137 Å². The van der Waals surface area contributed by atoms with Crippen molar-refractivity contribution < 1.29 is 38.0 Å². The highest BCUT2D eigenvalue weighted by molar-refractivity contribution is 5.92. The summed E-state index contributed by atoms with van der Waals surface area (Å²) in [6.07, 6.45) is 20.9. The van der Waals surface area contributed by atoms with E-state index in [2.05, 4.69) is 34.3 Å². The maximum Gasteiger partial charge on any atom is 0.343 e. The number of benzene rings is 6. The van der Waals surface area contributed by atoms with Crippen LogP contribution in [0.4, 0.5) is 22.7 Å². The topological polar surface area (TPSA) is 139 Å². The summed E-state index contributed by atoms with van der Waals surface area (Å²) < 4.78 is 36.1. The molecule has 0 heterocycles. The van der Waals surface area contributed by atoms with Crippen LogP contribution in [0, 0.1) is 13.8 Å². The molecule has 0 radical (unpaired) electrons. The molecule has 402 valence electrons. The molecule has 0 N–H and O–H groups in total. The van der Waals surface area contributed by atoms with E-state index in [0.717, 1.165) is 48.3 Å². The monoisotopic (exact) mass is 1030 g/mol. The fraction of sp³-hybridized carbons (Fsp3) is 0.406. The molecule has 0 aliphatic heterocycles. The SMILES string of the molecule is CCCCCCCCCCOc1ccc(C(=O)Oc2ccc(N=Nc3ccc(C)cc3)c(OCCCCOc3cc(OC(=O)c4ccc(OCCCCCCCCCC)cc4)ccc3N=Nc3ccc(C)cc3)c2)cc1. The van der Waals surface area contributed by atoms with Crippen molar-refractivity contribution in [3.05, 3.63) is 156 Å². The van der Waals surface area contributed by atoms with Crippen LogP contribution < -0.4 is 28.4 Å². The van der Waals surface area contributed by atoms with Gasteiger partial charge in [-0.2, -0.15) is 10.2 Å².